The number of likely N-dealkylation sites (tertiary alicyclic amines) is 1. The van der Waals surface area contributed by atoms with Crippen LogP contribution in [0.15, 0.2) is 27.6 Å². The summed E-state index contributed by atoms with van der Waals surface area (Å²) in [7, 11) is 1.71. The van der Waals surface area contributed by atoms with Gasteiger partial charge in [0.15, 0.2) is 5.96 Å². The number of hydrogen-bond donors (Lipinski definition) is 1. The first kappa shape index (κ1) is 21.6. The molecule has 0 amide bonds. The third-order valence-electron chi connectivity index (χ3n) is 5.29. The van der Waals surface area contributed by atoms with Crippen LogP contribution < -0.4 is 5.32 Å². The van der Waals surface area contributed by atoms with Crippen LogP contribution in [-0.4, -0.2) is 56.9 Å². The molecule has 160 valence electrons. The number of aryl methyl sites for hydroxylation is 1. The lowest BCUT2D eigenvalue weighted by Crippen LogP contribution is -2.47. The summed E-state index contributed by atoms with van der Waals surface area (Å²) < 4.78 is 30.4. The summed E-state index contributed by atoms with van der Waals surface area (Å²) in [4.78, 5) is 7.06. The predicted octanol–water partition coefficient (Wildman–Crippen LogP) is 3.86. The van der Waals surface area contributed by atoms with E-state index in [1.807, 2.05) is 6.92 Å². The third kappa shape index (κ3) is 5.70. The molecule has 2 aromatic rings. The smallest absolute Gasteiger partial charge is 0.194 e. The lowest BCUT2D eigenvalue weighted by Gasteiger charge is -2.34. The Hall–Kier alpha value is -2.12. The van der Waals surface area contributed by atoms with Crippen molar-refractivity contribution in [3.05, 3.63) is 35.3 Å². The van der Waals surface area contributed by atoms with E-state index in [4.69, 9.17) is 18.9 Å². The van der Waals surface area contributed by atoms with Gasteiger partial charge in [0, 0.05) is 50.9 Å². The van der Waals surface area contributed by atoms with Crippen LogP contribution in [0.1, 0.15) is 37.5 Å². The second kappa shape index (κ2) is 10.6. The summed E-state index contributed by atoms with van der Waals surface area (Å²) >= 11 is 0. The molecular formula is C22H32FN3O3. The van der Waals surface area contributed by atoms with Crippen LogP contribution in [0.3, 0.4) is 0 Å². The molecule has 1 aromatic heterocycles. The molecule has 1 aromatic carbocycles. The molecule has 0 aliphatic carbocycles. The molecule has 0 unspecified atom stereocenters. The molecule has 2 heterocycles. The highest BCUT2D eigenvalue weighted by molar-refractivity contribution is 5.82. The summed E-state index contributed by atoms with van der Waals surface area (Å²) in [6, 6.07) is 4.61. The molecule has 1 aliphatic rings. The van der Waals surface area contributed by atoms with Crippen molar-refractivity contribution in [3.63, 3.8) is 0 Å². The van der Waals surface area contributed by atoms with E-state index in [1.54, 1.807) is 13.2 Å². The fourth-order valence-electron chi connectivity index (χ4n) is 3.65. The number of benzene rings is 1. The number of fused-ring (bicyclic) bond motifs is 1. The molecule has 29 heavy (non-hydrogen) atoms. The van der Waals surface area contributed by atoms with Crippen molar-refractivity contribution in [2.24, 2.45) is 4.99 Å². The van der Waals surface area contributed by atoms with Gasteiger partial charge in [-0.15, -0.1) is 0 Å². The van der Waals surface area contributed by atoms with Gasteiger partial charge in [0.05, 0.1) is 6.10 Å². The first-order valence-corrected chi connectivity index (χ1v) is 10.4. The van der Waals surface area contributed by atoms with Crippen molar-refractivity contribution in [3.8, 4) is 0 Å². The first-order chi connectivity index (χ1) is 14.1. The number of piperidine rings is 1. The Morgan fingerprint density at radius 3 is 2.83 bits per heavy atom. The number of nitrogens with zero attached hydrogens (tertiary/aromatic N) is 2. The third-order valence-corrected chi connectivity index (χ3v) is 5.29. The molecule has 0 bridgehead atoms. The summed E-state index contributed by atoms with van der Waals surface area (Å²) in [5, 5.41) is 4.19. The van der Waals surface area contributed by atoms with Gasteiger partial charge in [-0.05, 0) is 51.3 Å². The fraction of sp³-hybridized carbons (Fsp3) is 0.591. The molecule has 0 saturated carbocycles. The minimum absolute atomic E-state index is 0.253. The topological polar surface area (TPSA) is 59.2 Å². The van der Waals surface area contributed by atoms with Crippen molar-refractivity contribution in [2.75, 3.05) is 40.0 Å². The molecule has 1 saturated heterocycles. The normalized spacial score (nSPS) is 16.0. The zero-order valence-corrected chi connectivity index (χ0v) is 17.7. The van der Waals surface area contributed by atoms with Gasteiger partial charge in [0.2, 0.25) is 0 Å². The van der Waals surface area contributed by atoms with Crippen LogP contribution in [0.4, 0.5) is 4.39 Å². The number of methoxy groups -OCH3 is 1. The minimum Gasteiger partial charge on any atom is -0.459 e. The second-order valence-corrected chi connectivity index (χ2v) is 7.36. The average Bonchev–Trinajstić information content (AvgIpc) is 3.04. The maximum Gasteiger partial charge on any atom is 0.194 e. The maximum atomic E-state index is 13.5. The molecule has 1 N–H and O–H groups in total. The van der Waals surface area contributed by atoms with Gasteiger partial charge in [-0.3, -0.25) is 0 Å². The highest BCUT2D eigenvalue weighted by Crippen LogP contribution is 2.26. The minimum atomic E-state index is -0.253. The molecular weight excluding hydrogens is 373 g/mol. The largest absolute Gasteiger partial charge is 0.459 e. The maximum absolute atomic E-state index is 13.5. The summed E-state index contributed by atoms with van der Waals surface area (Å²) in [5.74, 6) is 1.41. The molecule has 0 radical (unpaired) electrons. The predicted molar refractivity (Wildman–Crippen MR) is 113 cm³/mol. The van der Waals surface area contributed by atoms with Crippen molar-refractivity contribution >= 4 is 16.9 Å². The number of guanidine groups is 1. The van der Waals surface area contributed by atoms with E-state index in [1.165, 1.54) is 12.1 Å². The van der Waals surface area contributed by atoms with Gasteiger partial charge in [-0.1, -0.05) is 0 Å². The zero-order chi connectivity index (χ0) is 20.6. The van der Waals surface area contributed by atoms with Crippen LogP contribution in [-0.2, 0) is 16.0 Å². The molecule has 0 spiro atoms. The lowest BCUT2D eigenvalue weighted by molar-refractivity contribution is 0.00989. The van der Waals surface area contributed by atoms with Crippen molar-refractivity contribution in [1.82, 2.24) is 10.2 Å². The SMILES string of the molecule is CCNC(=NCc1oc2ccc(F)cc2c1C)N1CCC(OCCCOC)CC1. The van der Waals surface area contributed by atoms with Gasteiger partial charge < -0.3 is 24.1 Å². The Labute approximate surface area is 172 Å². The molecule has 1 fully saturated rings. The van der Waals surface area contributed by atoms with Gasteiger partial charge in [0.25, 0.3) is 0 Å². The van der Waals surface area contributed by atoms with E-state index >= 15 is 0 Å². The van der Waals surface area contributed by atoms with E-state index in [9.17, 15) is 4.39 Å². The van der Waals surface area contributed by atoms with E-state index in [-0.39, 0.29) is 5.82 Å². The Morgan fingerprint density at radius 2 is 2.10 bits per heavy atom. The Bertz CT molecular complexity index is 813. The summed E-state index contributed by atoms with van der Waals surface area (Å²) in [6.07, 6.45) is 3.21. The van der Waals surface area contributed by atoms with Crippen LogP contribution in [0, 0.1) is 12.7 Å². The standard InChI is InChI=1S/C22H32FN3O3/c1-4-24-22(26-10-8-18(9-11-26)28-13-5-12-27-3)25-15-21-16(2)19-14-17(23)6-7-20(19)29-21/h6-7,14,18H,4-5,8-13,15H2,1-3H3,(H,24,25). The van der Waals surface area contributed by atoms with Crippen molar-refractivity contribution in [1.29, 1.82) is 0 Å². The number of aliphatic imine (C=N–C) groups is 1. The first-order valence-electron chi connectivity index (χ1n) is 10.4. The van der Waals surface area contributed by atoms with Crippen molar-refractivity contribution in [2.45, 2.75) is 45.8 Å². The number of ether oxygens (including phenoxy) is 2. The molecule has 6 nitrogen and oxygen atoms in total. The average molecular weight is 406 g/mol. The van der Waals surface area contributed by atoms with Gasteiger partial charge in [-0.2, -0.15) is 0 Å². The Balaban J connectivity index is 1.60. The van der Waals surface area contributed by atoms with E-state index in [0.29, 0.717) is 18.2 Å². The van der Waals surface area contributed by atoms with Crippen LogP contribution in [0.5, 0.6) is 0 Å². The molecule has 3 rings (SSSR count). The zero-order valence-electron chi connectivity index (χ0n) is 17.7. The number of rotatable bonds is 8. The van der Waals surface area contributed by atoms with Crippen molar-refractivity contribution < 1.29 is 18.3 Å². The van der Waals surface area contributed by atoms with Gasteiger partial charge in [0.1, 0.15) is 23.7 Å². The Kier molecular flexibility index (Phi) is 7.89. The number of halogens is 1. The highest BCUT2D eigenvalue weighted by Gasteiger charge is 2.22. The quantitative estimate of drug-likeness (QED) is 0.411. The number of hydrogen-bond acceptors (Lipinski definition) is 4. The molecule has 1 aliphatic heterocycles. The van der Waals surface area contributed by atoms with E-state index in [2.05, 4.69) is 17.1 Å². The van der Waals surface area contributed by atoms with Crippen LogP contribution >= 0.6 is 0 Å². The number of nitrogens with one attached hydrogen (secondary N) is 1. The van der Waals surface area contributed by atoms with Gasteiger partial charge >= 0.3 is 0 Å². The molecule has 0 atom stereocenters. The van der Waals surface area contributed by atoms with E-state index < -0.39 is 0 Å². The lowest BCUT2D eigenvalue weighted by atomic mass is 10.1. The van der Waals surface area contributed by atoms with E-state index in [0.717, 1.165) is 74.8 Å². The highest BCUT2D eigenvalue weighted by atomic mass is 19.1. The summed E-state index contributed by atoms with van der Waals surface area (Å²) in [5.41, 5.74) is 1.65. The summed E-state index contributed by atoms with van der Waals surface area (Å²) in [6.45, 7) is 8.55. The Morgan fingerprint density at radius 1 is 1.31 bits per heavy atom. The fourth-order valence-corrected chi connectivity index (χ4v) is 3.65. The van der Waals surface area contributed by atoms with Crippen LogP contribution in [0.25, 0.3) is 11.0 Å². The number of furan rings is 1. The molecule has 7 heteroatoms. The second-order valence-electron chi connectivity index (χ2n) is 7.36. The van der Waals surface area contributed by atoms with Crippen LogP contribution in [0.2, 0.25) is 0 Å². The monoisotopic (exact) mass is 405 g/mol. The van der Waals surface area contributed by atoms with Gasteiger partial charge in [-0.25, -0.2) is 9.38 Å².